The number of hydrogen-bond donors (Lipinski definition) is 2. The van der Waals surface area contributed by atoms with Crippen LogP contribution in [0.1, 0.15) is 74.2 Å². The third kappa shape index (κ3) is 6.64. The van der Waals surface area contributed by atoms with Gasteiger partial charge in [-0.15, -0.1) is 0 Å². The molecule has 0 saturated heterocycles. The van der Waals surface area contributed by atoms with Gasteiger partial charge >= 0.3 is 5.97 Å². The zero-order valence-corrected chi connectivity index (χ0v) is 20.8. The van der Waals surface area contributed by atoms with Crippen molar-refractivity contribution in [2.24, 2.45) is 5.92 Å². The van der Waals surface area contributed by atoms with Crippen molar-refractivity contribution in [1.82, 2.24) is 4.90 Å². The summed E-state index contributed by atoms with van der Waals surface area (Å²) in [6, 6.07) is 17.5. The number of aliphatic carboxylic acids is 1. The quantitative estimate of drug-likeness (QED) is 0.372. The van der Waals surface area contributed by atoms with Gasteiger partial charge in [0.15, 0.2) is 0 Å². The molecule has 3 atom stereocenters. The Kier molecular flexibility index (Phi) is 9.73. The first kappa shape index (κ1) is 25.6. The van der Waals surface area contributed by atoms with Crippen LogP contribution in [0.2, 0.25) is 0 Å². The lowest BCUT2D eigenvalue weighted by Gasteiger charge is -2.39. The number of aryl methyl sites for hydroxylation is 1. The van der Waals surface area contributed by atoms with E-state index in [9.17, 15) is 15.0 Å². The molecule has 2 rings (SSSR count). The molecular weight excluding hydrogens is 454 g/mol. The van der Waals surface area contributed by atoms with Gasteiger partial charge in [0.2, 0.25) is 0 Å². The summed E-state index contributed by atoms with van der Waals surface area (Å²) in [5.74, 6) is -1.38. The maximum absolute atomic E-state index is 11.6. The molecule has 0 spiro atoms. The zero-order chi connectivity index (χ0) is 23.1. The van der Waals surface area contributed by atoms with Crippen LogP contribution in [0.5, 0.6) is 0 Å². The number of alkyl halides is 1. The molecule has 2 aromatic rings. The second-order valence-electron chi connectivity index (χ2n) is 8.82. The number of aliphatic hydroxyl groups is 1. The number of rotatable bonds is 11. The smallest absolute Gasteiger partial charge is 0.307 e. The summed E-state index contributed by atoms with van der Waals surface area (Å²) in [5, 5.41) is 19.2. The van der Waals surface area contributed by atoms with Crippen LogP contribution in [0.25, 0.3) is 0 Å². The summed E-state index contributed by atoms with van der Waals surface area (Å²) in [7, 11) is 0. The molecule has 0 aliphatic carbocycles. The van der Waals surface area contributed by atoms with Crippen LogP contribution in [-0.4, -0.2) is 33.2 Å². The number of carboxylic acid groups (broad SMARTS) is 1. The second kappa shape index (κ2) is 11.8. The Morgan fingerprint density at radius 2 is 1.61 bits per heavy atom. The van der Waals surface area contributed by atoms with E-state index in [2.05, 4.69) is 72.8 Å². The standard InChI is InChI=1S/C26H36BrNO3/c1-17(2)28(18(3)4)24(21-9-7-6-8-10-21)14-12-22-15-20(16-29)11-13-23(22)25(27)19(5)26(30)31/h6-11,13,15,17-19,24-25,29H,12,14,16H2,1-5H3,(H,30,31). The van der Waals surface area contributed by atoms with E-state index in [-0.39, 0.29) is 17.5 Å². The van der Waals surface area contributed by atoms with E-state index in [1.165, 1.54) is 5.56 Å². The summed E-state index contributed by atoms with van der Waals surface area (Å²) < 4.78 is 0. The Morgan fingerprint density at radius 1 is 1.00 bits per heavy atom. The van der Waals surface area contributed by atoms with Crippen LogP contribution in [-0.2, 0) is 17.8 Å². The van der Waals surface area contributed by atoms with Crippen molar-refractivity contribution >= 4 is 21.9 Å². The lowest BCUT2D eigenvalue weighted by atomic mass is 9.90. The van der Waals surface area contributed by atoms with Crippen molar-refractivity contribution in [2.75, 3.05) is 0 Å². The minimum atomic E-state index is -0.827. The number of benzene rings is 2. The Hall–Kier alpha value is -1.69. The van der Waals surface area contributed by atoms with Crippen molar-refractivity contribution in [3.05, 3.63) is 70.8 Å². The first-order chi connectivity index (χ1) is 14.7. The van der Waals surface area contributed by atoms with E-state index in [0.29, 0.717) is 12.1 Å². The summed E-state index contributed by atoms with van der Waals surface area (Å²) in [6.07, 6.45) is 1.70. The molecule has 0 radical (unpaired) electrons. The van der Waals surface area contributed by atoms with E-state index >= 15 is 0 Å². The third-order valence-corrected chi connectivity index (χ3v) is 7.23. The van der Waals surface area contributed by atoms with Crippen molar-refractivity contribution < 1.29 is 15.0 Å². The molecule has 0 saturated carbocycles. The highest BCUT2D eigenvalue weighted by molar-refractivity contribution is 9.09. The molecule has 5 heteroatoms. The SMILES string of the molecule is CC(C(=O)O)C(Br)c1ccc(CO)cc1CCC(c1ccccc1)N(C(C)C)C(C)C. The van der Waals surface area contributed by atoms with Gasteiger partial charge in [0.1, 0.15) is 0 Å². The summed E-state index contributed by atoms with van der Waals surface area (Å²) in [4.78, 5) is 13.8. The molecule has 0 bridgehead atoms. The summed E-state index contributed by atoms with van der Waals surface area (Å²) in [6.45, 7) is 10.6. The van der Waals surface area contributed by atoms with E-state index in [1.807, 2.05) is 24.3 Å². The van der Waals surface area contributed by atoms with Gasteiger partial charge in [-0.1, -0.05) is 71.4 Å². The van der Waals surface area contributed by atoms with Crippen LogP contribution >= 0.6 is 15.9 Å². The Balaban J connectivity index is 2.41. The highest BCUT2D eigenvalue weighted by atomic mass is 79.9. The van der Waals surface area contributed by atoms with Gasteiger partial charge in [-0.2, -0.15) is 0 Å². The van der Waals surface area contributed by atoms with Gasteiger partial charge < -0.3 is 10.2 Å². The zero-order valence-electron chi connectivity index (χ0n) is 19.3. The monoisotopic (exact) mass is 489 g/mol. The van der Waals surface area contributed by atoms with E-state index in [0.717, 1.165) is 29.5 Å². The first-order valence-corrected chi connectivity index (χ1v) is 12.0. The molecule has 0 aliphatic heterocycles. The molecule has 2 N–H and O–H groups in total. The van der Waals surface area contributed by atoms with Gasteiger partial charge in [-0.3, -0.25) is 9.69 Å². The summed E-state index contributed by atoms with van der Waals surface area (Å²) >= 11 is 3.62. The minimum absolute atomic E-state index is 0.0268. The molecule has 0 amide bonds. The normalized spacial score (nSPS) is 14.8. The highest BCUT2D eigenvalue weighted by Crippen LogP contribution is 2.36. The fourth-order valence-electron chi connectivity index (χ4n) is 4.41. The van der Waals surface area contributed by atoms with Crippen LogP contribution < -0.4 is 0 Å². The van der Waals surface area contributed by atoms with Crippen LogP contribution in [0.4, 0.5) is 0 Å². The number of hydrogen-bond acceptors (Lipinski definition) is 3. The average Bonchev–Trinajstić information content (AvgIpc) is 2.75. The van der Waals surface area contributed by atoms with Crippen molar-refractivity contribution in [3.63, 3.8) is 0 Å². The maximum atomic E-state index is 11.6. The fourth-order valence-corrected chi connectivity index (χ4v) is 5.08. The number of aliphatic hydroxyl groups excluding tert-OH is 1. The van der Waals surface area contributed by atoms with Crippen LogP contribution in [0, 0.1) is 5.92 Å². The highest BCUT2D eigenvalue weighted by Gasteiger charge is 2.28. The van der Waals surface area contributed by atoms with E-state index in [4.69, 9.17) is 0 Å². The summed E-state index contributed by atoms with van der Waals surface area (Å²) in [5.41, 5.74) is 4.22. The van der Waals surface area contributed by atoms with Crippen LogP contribution in [0.15, 0.2) is 48.5 Å². The Bertz CT molecular complexity index is 830. The van der Waals surface area contributed by atoms with Crippen molar-refractivity contribution in [3.8, 4) is 0 Å². The molecule has 4 nitrogen and oxygen atoms in total. The molecular formula is C26H36BrNO3. The van der Waals surface area contributed by atoms with E-state index < -0.39 is 11.9 Å². The van der Waals surface area contributed by atoms with Gasteiger partial charge in [0.05, 0.1) is 17.4 Å². The third-order valence-electron chi connectivity index (χ3n) is 5.94. The minimum Gasteiger partial charge on any atom is -0.481 e. The Labute approximate surface area is 195 Å². The number of nitrogens with zero attached hydrogens (tertiary/aromatic N) is 1. The Morgan fingerprint density at radius 3 is 2.13 bits per heavy atom. The van der Waals surface area contributed by atoms with Gasteiger partial charge in [-0.05, 0) is 62.8 Å². The van der Waals surface area contributed by atoms with Crippen molar-refractivity contribution in [2.45, 2.75) is 77.0 Å². The molecule has 0 heterocycles. The molecule has 0 fully saturated rings. The van der Waals surface area contributed by atoms with Crippen molar-refractivity contribution in [1.29, 1.82) is 0 Å². The van der Waals surface area contributed by atoms with Gasteiger partial charge in [0.25, 0.3) is 0 Å². The molecule has 0 aromatic heterocycles. The second-order valence-corrected chi connectivity index (χ2v) is 9.81. The molecule has 3 unspecified atom stereocenters. The largest absolute Gasteiger partial charge is 0.481 e. The fraction of sp³-hybridized carbons (Fsp3) is 0.500. The average molecular weight is 490 g/mol. The number of carbonyl (C=O) groups is 1. The maximum Gasteiger partial charge on any atom is 0.307 e. The lowest BCUT2D eigenvalue weighted by Crippen LogP contribution is -2.40. The number of carboxylic acids is 1. The molecule has 170 valence electrons. The van der Waals surface area contributed by atoms with Gasteiger partial charge in [-0.25, -0.2) is 0 Å². The van der Waals surface area contributed by atoms with Crippen LogP contribution in [0.3, 0.4) is 0 Å². The molecule has 2 aromatic carbocycles. The first-order valence-electron chi connectivity index (χ1n) is 11.1. The number of halogens is 1. The molecule has 31 heavy (non-hydrogen) atoms. The lowest BCUT2D eigenvalue weighted by molar-refractivity contribution is -0.141. The molecule has 0 aliphatic rings. The van der Waals surface area contributed by atoms with Gasteiger partial charge in [0, 0.05) is 18.1 Å². The van der Waals surface area contributed by atoms with E-state index in [1.54, 1.807) is 6.92 Å². The predicted octanol–water partition coefficient (Wildman–Crippen LogP) is 6.13. The predicted molar refractivity (Wildman–Crippen MR) is 130 cm³/mol. The topological polar surface area (TPSA) is 60.8 Å².